The summed E-state index contributed by atoms with van der Waals surface area (Å²) in [4.78, 5) is 28.0. The van der Waals surface area contributed by atoms with Crippen LogP contribution < -0.4 is 5.32 Å². The predicted octanol–water partition coefficient (Wildman–Crippen LogP) is 6.40. The molecule has 4 nitrogen and oxygen atoms in total. The topological polar surface area (TPSA) is 49.4 Å². The summed E-state index contributed by atoms with van der Waals surface area (Å²) in [6.45, 7) is 4.13. The third-order valence-corrected chi connectivity index (χ3v) is 7.77. The van der Waals surface area contributed by atoms with Crippen LogP contribution in [0, 0.1) is 6.92 Å². The second kappa shape index (κ2) is 12.7. The van der Waals surface area contributed by atoms with Crippen LogP contribution in [0.5, 0.6) is 0 Å². The lowest BCUT2D eigenvalue weighted by Crippen LogP contribution is -2.50. The van der Waals surface area contributed by atoms with Crippen LogP contribution in [0.4, 0.5) is 0 Å². The van der Waals surface area contributed by atoms with E-state index >= 15 is 0 Å². The lowest BCUT2D eigenvalue weighted by molar-refractivity contribution is -0.139. The number of hydrogen-bond donors (Lipinski definition) is 1. The van der Waals surface area contributed by atoms with Crippen LogP contribution in [0.2, 0.25) is 10.0 Å². The fraction of sp³-hybridized carbons (Fsp3) is 0.462. The van der Waals surface area contributed by atoms with Gasteiger partial charge in [0.1, 0.15) is 6.04 Å². The van der Waals surface area contributed by atoms with Gasteiger partial charge in [-0.05, 0) is 55.5 Å². The van der Waals surface area contributed by atoms with Crippen LogP contribution in [-0.4, -0.2) is 34.6 Å². The summed E-state index contributed by atoms with van der Waals surface area (Å²) < 4.78 is 0. The van der Waals surface area contributed by atoms with Crippen LogP contribution in [0.3, 0.4) is 0 Å². The normalized spacial score (nSPS) is 15.2. The van der Waals surface area contributed by atoms with Gasteiger partial charge < -0.3 is 10.2 Å². The Bertz CT molecular complexity index is 963. The van der Waals surface area contributed by atoms with E-state index in [0.717, 1.165) is 37.0 Å². The fourth-order valence-electron chi connectivity index (χ4n) is 4.09. The van der Waals surface area contributed by atoms with Crippen molar-refractivity contribution in [3.8, 4) is 0 Å². The molecule has 1 N–H and O–H groups in total. The average Bonchev–Trinajstić information content (AvgIpc) is 2.80. The first kappa shape index (κ1) is 25.9. The monoisotopic (exact) mass is 506 g/mol. The summed E-state index contributed by atoms with van der Waals surface area (Å²) in [6.07, 6.45) is 5.50. The minimum atomic E-state index is -0.592. The minimum absolute atomic E-state index is 0.0779. The van der Waals surface area contributed by atoms with Gasteiger partial charge in [0.25, 0.3) is 0 Å². The van der Waals surface area contributed by atoms with Crippen LogP contribution in [0.1, 0.15) is 55.7 Å². The van der Waals surface area contributed by atoms with Gasteiger partial charge in [0.2, 0.25) is 11.8 Å². The largest absolute Gasteiger partial charge is 0.352 e. The first-order valence-corrected chi connectivity index (χ1v) is 13.4. The zero-order chi connectivity index (χ0) is 23.8. The summed E-state index contributed by atoms with van der Waals surface area (Å²) in [6, 6.07) is 13.0. The van der Waals surface area contributed by atoms with Crippen molar-refractivity contribution in [3.63, 3.8) is 0 Å². The van der Waals surface area contributed by atoms with E-state index < -0.39 is 6.04 Å². The Labute approximate surface area is 211 Å². The molecule has 33 heavy (non-hydrogen) atoms. The lowest BCUT2D eigenvalue weighted by Gasteiger charge is -2.31. The molecule has 0 saturated heterocycles. The molecular formula is C26H32Cl2N2O2S. The van der Waals surface area contributed by atoms with Crippen LogP contribution in [0.25, 0.3) is 0 Å². The molecule has 2 aromatic carbocycles. The van der Waals surface area contributed by atoms with Crippen LogP contribution in [0.15, 0.2) is 42.5 Å². The maximum atomic E-state index is 13.3. The van der Waals surface area contributed by atoms with Crippen molar-refractivity contribution in [3.05, 3.63) is 69.2 Å². The Morgan fingerprint density at radius 3 is 2.52 bits per heavy atom. The number of rotatable bonds is 9. The first-order valence-electron chi connectivity index (χ1n) is 11.5. The van der Waals surface area contributed by atoms with E-state index in [1.165, 1.54) is 17.5 Å². The molecular weight excluding hydrogens is 475 g/mol. The number of carbonyl (C=O) groups excluding carboxylic acids is 2. The number of benzene rings is 2. The predicted molar refractivity (Wildman–Crippen MR) is 139 cm³/mol. The number of aryl methyl sites for hydroxylation is 1. The van der Waals surface area contributed by atoms with Crippen molar-refractivity contribution in [1.82, 2.24) is 10.2 Å². The van der Waals surface area contributed by atoms with E-state index in [2.05, 4.69) is 24.4 Å². The average molecular weight is 508 g/mol. The van der Waals surface area contributed by atoms with E-state index in [-0.39, 0.29) is 24.4 Å². The second-order valence-corrected chi connectivity index (χ2v) is 10.5. The molecule has 0 aromatic heterocycles. The Balaban J connectivity index is 1.69. The highest BCUT2D eigenvalue weighted by Gasteiger charge is 2.28. The zero-order valence-corrected chi connectivity index (χ0v) is 21.6. The molecule has 0 radical (unpaired) electrons. The first-order chi connectivity index (χ1) is 15.8. The summed E-state index contributed by atoms with van der Waals surface area (Å²) in [5, 5.41) is 4.19. The fourth-order valence-corrected chi connectivity index (χ4v) is 5.54. The van der Waals surface area contributed by atoms with Crippen molar-refractivity contribution in [2.24, 2.45) is 0 Å². The van der Waals surface area contributed by atoms with Crippen molar-refractivity contribution in [2.75, 3.05) is 5.75 Å². The second-order valence-electron chi connectivity index (χ2n) is 8.70. The van der Waals surface area contributed by atoms with Crippen molar-refractivity contribution in [1.29, 1.82) is 0 Å². The van der Waals surface area contributed by atoms with Crippen molar-refractivity contribution in [2.45, 2.75) is 70.3 Å². The molecule has 1 aliphatic carbocycles. The molecule has 7 heteroatoms. The highest BCUT2D eigenvalue weighted by Crippen LogP contribution is 2.25. The third-order valence-electron chi connectivity index (χ3n) is 6.22. The molecule has 0 heterocycles. The lowest BCUT2D eigenvalue weighted by atomic mass is 9.95. The standard InChI is InChI=1S/C26H32Cl2N2O2S/c1-18-8-6-7-9-21(18)16-33-17-25(31)30(15-20-12-13-22(27)14-24(20)28)19(2)26(32)29-23-10-4-3-5-11-23/h6-9,12-14,19,23H,3-5,10-11,15-17H2,1-2H3,(H,29,32)/t19-/m0/s1. The molecule has 1 saturated carbocycles. The Hall–Kier alpha value is -1.69. The van der Waals surface area contributed by atoms with Gasteiger partial charge in [-0.2, -0.15) is 0 Å². The number of halogens is 2. The number of carbonyl (C=O) groups is 2. The molecule has 1 fully saturated rings. The third kappa shape index (κ3) is 7.66. The van der Waals surface area contributed by atoms with E-state index in [9.17, 15) is 9.59 Å². The Morgan fingerprint density at radius 2 is 1.82 bits per heavy atom. The number of thioether (sulfide) groups is 1. The SMILES string of the molecule is Cc1ccccc1CSCC(=O)N(Cc1ccc(Cl)cc1Cl)[C@@H](C)C(=O)NC1CCCCC1. The van der Waals surface area contributed by atoms with E-state index in [0.29, 0.717) is 15.8 Å². The quantitative estimate of drug-likeness (QED) is 0.427. The highest BCUT2D eigenvalue weighted by atomic mass is 35.5. The number of amides is 2. The van der Waals surface area contributed by atoms with E-state index in [4.69, 9.17) is 23.2 Å². The molecule has 2 amide bonds. The zero-order valence-electron chi connectivity index (χ0n) is 19.3. The van der Waals surface area contributed by atoms with E-state index in [1.54, 1.807) is 35.7 Å². The highest BCUT2D eigenvalue weighted by molar-refractivity contribution is 7.99. The molecule has 1 atom stereocenters. The summed E-state index contributed by atoms with van der Waals surface area (Å²) in [7, 11) is 0. The van der Waals surface area contributed by atoms with Gasteiger partial charge in [0.15, 0.2) is 0 Å². The molecule has 3 rings (SSSR count). The summed E-state index contributed by atoms with van der Waals surface area (Å²) in [5.41, 5.74) is 3.20. The van der Waals surface area contributed by atoms with Gasteiger partial charge in [-0.15, -0.1) is 11.8 Å². The molecule has 178 valence electrons. The minimum Gasteiger partial charge on any atom is -0.352 e. The maximum Gasteiger partial charge on any atom is 0.242 e. The van der Waals surface area contributed by atoms with Gasteiger partial charge in [-0.25, -0.2) is 0 Å². The summed E-state index contributed by atoms with van der Waals surface area (Å²) in [5.74, 6) is 0.854. The van der Waals surface area contributed by atoms with Gasteiger partial charge in [-0.1, -0.05) is 72.8 Å². The molecule has 0 bridgehead atoms. The van der Waals surface area contributed by atoms with Gasteiger partial charge in [-0.3, -0.25) is 9.59 Å². The summed E-state index contributed by atoms with van der Waals surface area (Å²) >= 11 is 14.0. The number of nitrogens with one attached hydrogen (secondary N) is 1. The molecule has 2 aromatic rings. The Kier molecular flexibility index (Phi) is 9.96. The molecule has 0 spiro atoms. The van der Waals surface area contributed by atoms with Gasteiger partial charge in [0.05, 0.1) is 5.75 Å². The van der Waals surface area contributed by atoms with Crippen LogP contribution in [-0.2, 0) is 21.9 Å². The molecule has 1 aliphatic rings. The molecule has 0 unspecified atom stereocenters. The maximum absolute atomic E-state index is 13.3. The Morgan fingerprint density at radius 1 is 1.09 bits per heavy atom. The van der Waals surface area contributed by atoms with Crippen LogP contribution >= 0.6 is 35.0 Å². The molecule has 0 aliphatic heterocycles. The number of nitrogens with zero attached hydrogens (tertiary/aromatic N) is 1. The van der Waals surface area contributed by atoms with Gasteiger partial charge >= 0.3 is 0 Å². The van der Waals surface area contributed by atoms with Gasteiger partial charge in [0, 0.05) is 28.4 Å². The van der Waals surface area contributed by atoms with E-state index in [1.807, 2.05) is 18.2 Å². The van der Waals surface area contributed by atoms with Crippen molar-refractivity contribution >= 4 is 46.8 Å². The number of hydrogen-bond acceptors (Lipinski definition) is 3. The van der Waals surface area contributed by atoms with Crippen molar-refractivity contribution < 1.29 is 9.59 Å². The smallest absolute Gasteiger partial charge is 0.242 e.